The van der Waals surface area contributed by atoms with Crippen molar-refractivity contribution in [2.24, 2.45) is 0 Å². The molecule has 0 aliphatic carbocycles. The van der Waals surface area contributed by atoms with E-state index < -0.39 is 17.8 Å². The van der Waals surface area contributed by atoms with Gasteiger partial charge in [0.15, 0.2) is 0 Å². The molecule has 9 heteroatoms. The number of urea groups is 1. The largest absolute Gasteiger partial charge is 0.467 e. The van der Waals surface area contributed by atoms with Crippen LogP contribution < -0.4 is 5.32 Å². The van der Waals surface area contributed by atoms with Gasteiger partial charge in [-0.15, -0.1) is 0 Å². The van der Waals surface area contributed by atoms with E-state index in [-0.39, 0.29) is 18.1 Å². The summed E-state index contributed by atoms with van der Waals surface area (Å²) in [7, 11) is 0. The maximum atomic E-state index is 13.0. The van der Waals surface area contributed by atoms with Gasteiger partial charge in [-0.1, -0.05) is 13.3 Å². The normalized spacial score (nSPS) is 14.9. The number of ether oxygens (including phenoxy) is 1. The molecule has 0 unspecified atom stereocenters. The monoisotopic (exact) mass is 489 g/mol. The van der Waals surface area contributed by atoms with E-state index in [9.17, 15) is 19.2 Å². The highest BCUT2D eigenvalue weighted by atomic mass is 16.5. The van der Waals surface area contributed by atoms with Crippen molar-refractivity contribution in [3.8, 4) is 5.69 Å². The van der Waals surface area contributed by atoms with Crippen molar-refractivity contribution in [2.75, 3.05) is 6.61 Å². The number of benzene rings is 1. The molecule has 3 aromatic rings. The summed E-state index contributed by atoms with van der Waals surface area (Å²) in [5, 5.41) is 2.22. The smallest absolute Gasteiger partial charge is 0.338 e. The van der Waals surface area contributed by atoms with Gasteiger partial charge in [0, 0.05) is 17.1 Å². The molecule has 3 heterocycles. The predicted molar refractivity (Wildman–Crippen MR) is 131 cm³/mol. The van der Waals surface area contributed by atoms with Gasteiger partial charge in [-0.05, 0) is 74.4 Å². The Morgan fingerprint density at radius 2 is 1.86 bits per heavy atom. The summed E-state index contributed by atoms with van der Waals surface area (Å²) in [6.07, 6.45) is 4.69. The maximum Gasteiger partial charge on any atom is 0.338 e. The minimum Gasteiger partial charge on any atom is -0.467 e. The molecule has 1 aliphatic rings. The molecule has 0 atom stereocenters. The van der Waals surface area contributed by atoms with E-state index in [2.05, 4.69) is 5.32 Å². The third kappa shape index (κ3) is 5.00. The molecule has 1 fully saturated rings. The van der Waals surface area contributed by atoms with E-state index in [1.54, 1.807) is 24.3 Å². The number of carbonyl (C=O) groups is 4. The summed E-state index contributed by atoms with van der Waals surface area (Å²) in [5.74, 6) is -1.40. The third-order valence-corrected chi connectivity index (χ3v) is 5.94. The summed E-state index contributed by atoms with van der Waals surface area (Å²) in [5.41, 5.74) is 3.44. The lowest BCUT2D eigenvalue weighted by Crippen LogP contribution is -2.53. The predicted octanol–water partition coefficient (Wildman–Crippen LogP) is 4.31. The first-order chi connectivity index (χ1) is 17.3. The molecule has 0 bridgehead atoms. The molecule has 4 amide bonds. The second kappa shape index (κ2) is 10.5. The van der Waals surface area contributed by atoms with Crippen LogP contribution in [-0.4, -0.2) is 39.9 Å². The topological polar surface area (TPSA) is 111 Å². The van der Waals surface area contributed by atoms with Gasteiger partial charge >= 0.3 is 12.0 Å². The second-order valence-corrected chi connectivity index (χ2v) is 8.49. The minimum absolute atomic E-state index is 0.0888. The fourth-order valence-corrected chi connectivity index (χ4v) is 4.02. The molecule has 36 heavy (non-hydrogen) atoms. The summed E-state index contributed by atoms with van der Waals surface area (Å²) in [4.78, 5) is 50.9. The van der Waals surface area contributed by atoms with Gasteiger partial charge in [-0.3, -0.25) is 19.8 Å². The molecule has 186 valence electrons. The number of barbiturate groups is 1. The van der Waals surface area contributed by atoms with Crippen molar-refractivity contribution in [3.63, 3.8) is 0 Å². The van der Waals surface area contributed by atoms with Crippen molar-refractivity contribution >= 4 is 29.9 Å². The van der Waals surface area contributed by atoms with Crippen LogP contribution in [0.5, 0.6) is 0 Å². The van der Waals surface area contributed by atoms with Gasteiger partial charge in [0.1, 0.15) is 11.3 Å². The van der Waals surface area contributed by atoms with Crippen molar-refractivity contribution < 1.29 is 28.3 Å². The Balaban J connectivity index is 1.59. The van der Waals surface area contributed by atoms with Crippen LogP contribution >= 0.6 is 0 Å². The maximum absolute atomic E-state index is 13.0. The van der Waals surface area contributed by atoms with E-state index in [0.717, 1.165) is 34.8 Å². The summed E-state index contributed by atoms with van der Waals surface area (Å²) >= 11 is 0. The number of amides is 4. The van der Waals surface area contributed by atoms with E-state index in [0.29, 0.717) is 23.5 Å². The molecule has 1 saturated heterocycles. The van der Waals surface area contributed by atoms with Crippen LogP contribution in [0.3, 0.4) is 0 Å². The summed E-state index contributed by atoms with van der Waals surface area (Å²) in [6, 6.07) is 11.4. The Labute approximate surface area is 208 Å². The highest BCUT2D eigenvalue weighted by Gasteiger charge is 2.36. The average Bonchev–Trinajstić information content (AvgIpc) is 3.47. The lowest BCUT2D eigenvalue weighted by atomic mass is 10.1. The molecule has 0 spiro atoms. The van der Waals surface area contributed by atoms with Gasteiger partial charge in [0.2, 0.25) is 0 Å². The number of hydrogen-bond donors (Lipinski definition) is 1. The number of hydrogen-bond acceptors (Lipinski definition) is 6. The van der Waals surface area contributed by atoms with Crippen LogP contribution in [0.1, 0.15) is 52.8 Å². The van der Waals surface area contributed by atoms with Crippen molar-refractivity contribution in [1.29, 1.82) is 0 Å². The molecule has 4 rings (SSSR count). The SMILES string of the molecule is CCCCOC(=O)c1ccc(-n2c(C)cc(/C=C3\C(=O)NC(=O)N(Cc4ccco4)C3=O)c2C)cc1. The van der Waals surface area contributed by atoms with Crippen molar-refractivity contribution in [1.82, 2.24) is 14.8 Å². The first-order valence-corrected chi connectivity index (χ1v) is 11.7. The van der Waals surface area contributed by atoms with Crippen LogP contribution in [0.2, 0.25) is 0 Å². The zero-order chi connectivity index (χ0) is 25.8. The Bertz CT molecular complexity index is 1330. The molecule has 1 aromatic carbocycles. The number of imide groups is 2. The number of carbonyl (C=O) groups excluding carboxylic acids is 4. The first-order valence-electron chi connectivity index (χ1n) is 11.7. The molecular formula is C27H27N3O6. The molecule has 0 saturated carbocycles. The molecule has 1 aliphatic heterocycles. The van der Waals surface area contributed by atoms with Gasteiger partial charge in [0.05, 0.1) is 25.0 Å². The number of aryl methyl sites for hydroxylation is 1. The van der Waals surface area contributed by atoms with Gasteiger partial charge in [-0.25, -0.2) is 9.59 Å². The minimum atomic E-state index is -0.794. The number of esters is 1. The second-order valence-electron chi connectivity index (χ2n) is 8.49. The molecule has 0 radical (unpaired) electrons. The van der Waals surface area contributed by atoms with Gasteiger partial charge < -0.3 is 13.7 Å². The summed E-state index contributed by atoms with van der Waals surface area (Å²) in [6.45, 7) is 6.10. The zero-order valence-electron chi connectivity index (χ0n) is 20.4. The lowest BCUT2D eigenvalue weighted by Gasteiger charge is -2.25. The molecule has 1 N–H and O–H groups in total. The van der Waals surface area contributed by atoms with Crippen LogP contribution in [0.25, 0.3) is 11.8 Å². The van der Waals surface area contributed by atoms with Crippen LogP contribution in [0, 0.1) is 13.8 Å². The standard InChI is InChI=1S/C27H27N3O6/c1-4-5-12-36-26(33)19-8-10-21(11-9-19)30-17(2)14-20(18(30)3)15-23-24(31)28-27(34)29(25(23)32)16-22-7-6-13-35-22/h6-11,13-15H,4-5,12,16H2,1-3H3,(H,28,31,34)/b23-15+. The Morgan fingerprint density at radius 1 is 1.11 bits per heavy atom. The van der Waals surface area contributed by atoms with E-state index >= 15 is 0 Å². The number of unbranched alkanes of at least 4 members (excludes halogenated alkanes) is 1. The number of furan rings is 1. The number of nitrogens with one attached hydrogen (secondary N) is 1. The Morgan fingerprint density at radius 3 is 2.53 bits per heavy atom. The Hall–Kier alpha value is -4.40. The zero-order valence-corrected chi connectivity index (χ0v) is 20.4. The van der Waals surface area contributed by atoms with Crippen LogP contribution in [0.15, 0.2) is 58.7 Å². The number of rotatable bonds is 8. The highest BCUT2D eigenvalue weighted by molar-refractivity contribution is 6.31. The van der Waals surface area contributed by atoms with E-state index in [1.807, 2.05) is 43.5 Å². The van der Waals surface area contributed by atoms with Crippen LogP contribution in [-0.2, 0) is 20.9 Å². The fraction of sp³-hybridized carbons (Fsp3) is 0.259. The molecule has 9 nitrogen and oxygen atoms in total. The molecule has 2 aromatic heterocycles. The number of aromatic nitrogens is 1. The van der Waals surface area contributed by atoms with E-state index in [4.69, 9.17) is 9.15 Å². The summed E-state index contributed by atoms with van der Waals surface area (Å²) < 4.78 is 12.5. The first kappa shape index (κ1) is 24.7. The quantitative estimate of drug-likeness (QED) is 0.219. The van der Waals surface area contributed by atoms with Gasteiger partial charge in [0.25, 0.3) is 11.8 Å². The van der Waals surface area contributed by atoms with E-state index in [1.165, 1.54) is 12.3 Å². The number of nitrogens with zero attached hydrogens (tertiary/aromatic N) is 2. The average molecular weight is 490 g/mol. The van der Waals surface area contributed by atoms with Crippen LogP contribution in [0.4, 0.5) is 4.79 Å². The molecular weight excluding hydrogens is 462 g/mol. The lowest BCUT2D eigenvalue weighted by molar-refractivity contribution is -0.130. The van der Waals surface area contributed by atoms with Crippen molar-refractivity contribution in [3.05, 3.63) is 82.6 Å². The van der Waals surface area contributed by atoms with Gasteiger partial charge in [-0.2, -0.15) is 0 Å². The Kier molecular flexibility index (Phi) is 7.19. The highest BCUT2D eigenvalue weighted by Crippen LogP contribution is 2.25. The van der Waals surface area contributed by atoms with Crippen molar-refractivity contribution in [2.45, 2.75) is 40.2 Å². The third-order valence-electron chi connectivity index (χ3n) is 5.94. The fourth-order valence-electron chi connectivity index (χ4n) is 4.02.